The number of nitrogens with zero attached hydrogens (tertiary/aromatic N) is 1. The molecule has 106 valence electrons. The van der Waals surface area contributed by atoms with Crippen LogP contribution in [-0.2, 0) is 0 Å². The Morgan fingerprint density at radius 2 is 1.79 bits per heavy atom. The topological polar surface area (TPSA) is 45.8 Å². The minimum Gasteiger partial charge on any atom is -0.310 e. The first-order valence-electron chi connectivity index (χ1n) is 7.58. The fraction of sp³-hybridized carbons (Fsp3) is 0.750. The zero-order valence-corrected chi connectivity index (χ0v) is 12.6. The predicted octanol–water partition coefficient (Wildman–Crippen LogP) is 3.82. The summed E-state index contributed by atoms with van der Waals surface area (Å²) in [4.78, 5) is 19.4. The molecule has 0 saturated heterocycles. The number of nitrogens with one attached hydrogen (secondary N) is 1. The third kappa shape index (κ3) is 3.46. The molecule has 0 aromatic carbocycles. The maximum atomic E-state index is 11.7. The van der Waals surface area contributed by atoms with Crippen LogP contribution in [0.3, 0.4) is 0 Å². The van der Waals surface area contributed by atoms with Crippen molar-refractivity contribution >= 4 is 0 Å². The van der Waals surface area contributed by atoms with Gasteiger partial charge in [0.05, 0.1) is 5.69 Å². The summed E-state index contributed by atoms with van der Waals surface area (Å²) in [5, 5.41) is 0. The van der Waals surface area contributed by atoms with Gasteiger partial charge in [0.1, 0.15) is 5.82 Å². The fourth-order valence-corrected chi connectivity index (χ4v) is 3.04. The molecule has 1 fully saturated rings. The normalized spacial score (nSPS) is 24.1. The standard InChI is InChI=1S/C16H26N2O/c1-10(2)12-5-7-13(8-6-12)16-17-14(11(3)4)9-15(19)18-16/h9-13H,5-8H2,1-4H3,(H,17,18,19). The number of H-pyrrole nitrogens is 1. The van der Waals surface area contributed by atoms with E-state index in [2.05, 4.69) is 37.7 Å². The van der Waals surface area contributed by atoms with E-state index in [1.165, 1.54) is 12.8 Å². The van der Waals surface area contributed by atoms with Gasteiger partial charge in [-0.15, -0.1) is 0 Å². The molecule has 0 atom stereocenters. The van der Waals surface area contributed by atoms with Crippen molar-refractivity contribution in [3.05, 3.63) is 27.9 Å². The van der Waals surface area contributed by atoms with Crippen LogP contribution < -0.4 is 5.56 Å². The van der Waals surface area contributed by atoms with Crippen molar-refractivity contribution in [3.63, 3.8) is 0 Å². The van der Waals surface area contributed by atoms with Crippen molar-refractivity contribution in [2.45, 2.75) is 65.2 Å². The lowest BCUT2D eigenvalue weighted by atomic mass is 9.76. The van der Waals surface area contributed by atoms with Crippen LogP contribution >= 0.6 is 0 Å². The summed E-state index contributed by atoms with van der Waals surface area (Å²) < 4.78 is 0. The molecular formula is C16H26N2O. The molecule has 1 aromatic rings. The lowest BCUT2D eigenvalue weighted by Gasteiger charge is -2.30. The van der Waals surface area contributed by atoms with Crippen molar-refractivity contribution < 1.29 is 0 Å². The Morgan fingerprint density at radius 1 is 1.16 bits per heavy atom. The van der Waals surface area contributed by atoms with Crippen molar-refractivity contribution in [2.24, 2.45) is 11.8 Å². The van der Waals surface area contributed by atoms with Crippen molar-refractivity contribution in [1.29, 1.82) is 0 Å². The van der Waals surface area contributed by atoms with Crippen LogP contribution in [-0.4, -0.2) is 9.97 Å². The van der Waals surface area contributed by atoms with Gasteiger partial charge < -0.3 is 4.98 Å². The Labute approximate surface area is 115 Å². The quantitative estimate of drug-likeness (QED) is 0.900. The minimum absolute atomic E-state index is 0.000293. The van der Waals surface area contributed by atoms with E-state index in [4.69, 9.17) is 0 Å². The van der Waals surface area contributed by atoms with E-state index < -0.39 is 0 Å². The fourth-order valence-electron chi connectivity index (χ4n) is 3.04. The SMILES string of the molecule is CC(C)c1cc(=O)[nH]c(C2CCC(C(C)C)CC2)n1. The highest BCUT2D eigenvalue weighted by Gasteiger charge is 2.25. The zero-order valence-electron chi connectivity index (χ0n) is 12.6. The highest BCUT2D eigenvalue weighted by Crippen LogP contribution is 2.37. The third-order valence-electron chi connectivity index (χ3n) is 4.47. The molecule has 1 N–H and O–H groups in total. The lowest BCUT2D eigenvalue weighted by molar-refractivity contribution is 0.254. The van der Waals surface area contributed by atoms with Crippen LogP contribution in [0.1, 0.15) is 76.7 Å². The summed E-state index contributed by atoms with van der Waals surface area (Å²) in [6.45, 7) is 8.79. The highest BCUT2D eigenvalue weighted by atomic mass is 16.1. The molecule has 19 heavy (non-hydrogen) atoms. The number of hydrogen-bond acceptors (Lipinski definition) is 2. The molecule has 1 saturated carbocycles. The first-order chi connectivity index (χ1) is 8.97. The maximum absolute atomic E-state index is 11.7. The zero-order chi connectivity index (χ0) is 14.0. The molecule has 0 bridgehead atoms. The van der Waals surface area contributed by atoms with Gasteiger partial charge in [-0.2, -0.15) is 0 Å². The summed E-state index contributed by atoms with van der Waals surface area (Å²) in [6.07, 6.45) is 4.84. The first-order valence-corrected chi connectivity index (χ1v) is 7.58. The average Bonchev–Trinajstić information content (AvgIpc) is 2.38. The second kappa shape index (κ2) is 5.89. The minimum atomic E-state index is -0.000293. The van der Waals surface area contributed by atoms with Crippen LogP contribution in [0.15, 0.2) is 10.9 Å². The van der Waals surface area contributed by atoms with Gasteiger partial charge in [-0.3, -0.25) is 4.79 Å². The number of rotatable bonds is 3. The van der Waals surface area contributed by atoms with Gasteiger partial charge in [-0.25, -0.2) is 4.98 Å². The van der Waals surface area contributed by atoms with Crippen LogP contribution in [0, 0.1) is 11.8 Å². The van der Waals surface area contributed by atoms with E-state index in [0.29, 0.717) is 11.8 Å². The number of hydrogen-bond donors (Lipinski definition) is 1. The van der Waals surface area contributed by atoms with Crippen LogP contribution in [0.5, 0.6) is 0 Å². The lowest BCUT2D eigenvalue weighted by Crippen LogP contribution is -2.22. The van der Waals surface area contributed by atoms with E-state index in [0.717, 1.165) is 36.2 Å². The largest absolute Gasteiger partial charge is 0.310 e. The molecule has 1 aliphatic rings. The molecule has 1 heterocycles. The first kappa shape index (κ1) is 14.3. The summed E-state index contributed by atoms with van der Waals surface area (Å²) in [5.41, 5.74) is 0.921. The second-order valence-corrected chi connectivity index (χ2v) is 6.57. The van der Waals surface area contributed by atoms with Crippen LogP contribution in [0.2, 0.25) is 0 Å². The molecular weight excluding hydrogens is 236 g/mol. The van der Waals surface area contributed by atoms with Crippen LogP contribution in [0.25, 0.3) is 0 Å². The molecule has 0 aliphatic heterocycles. The molecule has 1 aliphatic carbocycles. The summed E-state index contributed by atoms with van der Waals surface area (Å²) in [7, 11) is 0. The monoisotopic (exact) mass is 262 g/mol. The van der Waals surface area contributed by atoms with E-state index in [9.17, 15) is 4.79 Å². The third-order valence-corrected chi connectivity index (χ3v) is 4.47. The van der Waals surface area contributed by atoms with Gasteiger partial charge in [0.25, 0.3) is 5.56 Å². The van der Waals surface area contributed by atoms with Gasteiger partial charge >= 0.3 is 0 Å². The Bertz CT molecular complexity index is 468. The summed E-state index contributed by atoms with van der Waals surface area (Å²) >= 11 is 0. The second-order valence-electron chi connectivity index (χ2n) is 6.57. The summed E-state index contributed by atoms with van der Waals surface area (Å²) in [5.74, 6) is 3.29. The Morgan fingerprint density at radius 3 is 2.32 bits per heavy atom. The van der Waals surface area contributed by atoms with E-state index in [1.807, 2.05) is 0 Å². The molecule has 0 unspecified atom stereocenters. The molecule has 0 amide bonds. The van der Waals surface area contributed by atoms with Gasteiger partial charge in [0.2, 0.25) is 0 Å². The Balaban J connectivity index is 2.13. The van der Waals surface area contributed by atoms with E-state index in [-0.39, 0.29) is 5.56 Å². The molecule has 3 nitrogen and oxygen atoms in total. The Hall–Kier alpha value is -1.12. The van der Waals surface area contributed by atoms with Crippen LogP contribution in [0.4, 0.5) is 0 Å². The Kier molecular flexibility index (Phi) is 4.43. The van der Waals surface area contributed by atoms with Gasteiger partial charge in [-0.05, 0) is 43.4 Å². The highest BCUT2D eigenvalue weighted by molar-refractivity contribution is 5.10. The van der Waals surface area contributed by atoms with Crippen molar-refractivity contribution in [2.75, 3.05) is 0 Å². The number of aromatic nitrogens is 2. The van der Waals surface area contributed by atoms with Gasteiger partial charge in [0, 0.05) is 12.0 Å². The van der Waals surface area contributed by atoms with E-state index in [1.54, 1.807) is 6.07 Å². The predicted molar refractivity (Wildman–Crippen MR) is 78.5 cm³/mol. The van der Waals surface area contributed by atoms with Gasteiger partial charge in [-0.1, -0.05) is 27.7 Å². The molecule has 3 heteroatoms. The smallest absolute Gasteiger partial charge is 0.251 e. The van der Waals surface area contributed by atoms with E-state index >= 15 is 0 Å². The number of aromatic amines is 1. The maximum Gasteiger partial charge on any atom is 0.251 e. The summed E-state index contributed by atoms with van der Waals surface area (Å²) in [6, 6.07) is 1.63. The molecule has 0 spiro atoms. The molecule has 0 radical (unpaired) electrons. The van der Waals surface area contributed by atoms with Crippen molar-refractivity contribution in [3.8, 4) is 0 Å². The molecule has 1 aromatic heterocycles. The van der Waals surface area contributed by atoms with Gasteiger partial charge in [0.15, 0.2) is 0 Å². The van der Waals surface area contributed by atoms with Crippen molar-refractivity contribution in [1.82, 2.24) is 9.97 Å². The average molecular weight is 262 g/mol. The molecule has 2 rings (SSSR count).